The predicted octanol–water partition coefficient (Wildman–Crippen LogP) is 2.08. The van der Waals surface area contributed by atoms with Crippen LogP contribution in [0.15, 0.2) is 22.9 Å². The Hall–Kier alpha value is -1.91. The number of hydrogen-bond donors (Lipinski definition) is 0. The molecule has 5 nitrogen and oxygen atoms in total. The topological polar surface area (TPSA) is 55.1 Å². The summed E-state index contributed by atoms with van der Waals surface area (Å²) in [6.07, 6.45) is 4.11. The molecule has 1 aliphatic carbocycles. The van der Waals surface area contributed by atoms with Crippen molar-refractivity contribution in [2.45, 2.75) is 18.8 Å². The van der Waals surface area contributed by atoms with Gasteiger partial charge in [0.2, 0.25) is 11.7 Å². The number of aromatic nitrogens is 3. The Labute approximate surface area is 99.5 Å². The van der Waals surface area contributed by atoms with Crippen LogP contribution in [0.2, 0.25) is 0 Å². The van der Waals surface area contributed by atoms with Gasteiger partial charge in [0.15, 0.2) is 0 Å². The van der Waals surface area contributed by atoms with Crippen molar-refractivity contribution in [1.82, 2.24) is 15.1 Å². The Kier molecular flexibility index (Phi) is 2.31. The molecule has 0 bridgehead atoms. The first kappa shape index (κ1) is 10.3. The van der Waals surface area contributed by atoms with E-state index in [1.54, 1.807) is 6.20 Å². The average molecular weight is 230 g/mol. The second-order valence-electron chi connectivity index (χ2n) is 4.53. The van der Waals surface area contributed by atoms with Gasteiger partial charge in [0.25, 0.3) is 0 Å². The zero-order chi connectivity index (χ0) is 11.8. The summed E-state index contributed by atoms with van der Waals surface area (Å²) in [6, 6.07) is 3.91. The number of anilines is 1. The summed E-state index contributed by atoms with van der Waals surface area (Å²) in [7, 11) is 3.92. The molecule has 0 saturated heterocycles. The number of pyridine rings is 1. The lowest BCUT2D eigenvalue weighted by Crippen LogP contribution is -2.10. The Bertz CT molecular complexity index is 514. The highest BCUT2D eigenvalue weighted by Crippen LogP contribution is 2.39. The SMILES string of the molecule is CN(C)c1ccc(-c2noc(C3CC3)n2)cn1. The Balaban J connectivity index is 1.86. The largest absolute Gasteiger partial charge is 0.363 e. The van der Waals surface area contributed by atoms with Crippen molar-refractivity contribution in [1.29, 1.82) is 0 Å². The van der Waals surface area contributed by atoms with Gasteiger partial charge in [0.1, 0.15) is 5.82 Å². The molecule has 0 unspecified atom stereocenters. The first-order valence-electron chi connectivity index (χ1n) is 5.71. The summed E-state index contributed by atoms with van der Waals surface area (Å²) >= 11 is 0. The van der Waals surface area contributed by atoms with Gasteiger partial charge in [-0.1, -0.05) is 5.16 Å². The van der Waals surface area contributed by atoms with E-state index >= 15 is 0 Å². The summed E-state index contributed by atoms with van der Waals surface area (Å²) in [5.41, 5.74) is 0.895. The maximum Gasteiger partial charge on any atom is 0.230 e. The van der Waals surface area contributed by atoms with Crippen molar-refractivity contribution in [2.75, 3.05) is 19.0 Å². The van der Waals surface area contributed by atoms with Crippen molar-refractivity contribution in [3.05, 3.63) is 24.2 Å². The molecule has 0 radical (unpaired) electrons. The maximum absolute atomic E-state index is 5.22. The third-order valence-electron chi connectivity index (χ3n) is 2.83. The van der Waals surface area contributed by atoms with E-state index in [0.29, 0.717) is 11.7 Å². The minimum atomic E-state index is 0.491. The maximum atomic E-state index is 5.22. The van der Waals surface area contributed by atoms with Crippen LogP contribution in [-0.4, -0.2) is 29.2 Å². The monoisotopic (exact) mass is 230 g/mol. The van der Waals surface area contributed by atoms with Crippen LogP contribution >= 0.6 is 0 Å². The fraction of sp³-hybridized carbons (Fsp3) is 0.417. The van der Waals surface area contributed by atoms with E-state index in [-0.39, 0.29) is 0 Å². The molecule has 3 rings (SSSR count). The quantitative estimate of drug-likeness (QED) is 0.808. The molecule has 88 valence electrons. The minimum Gasteiger partial charge on any atom is -0.363 e. The summed E-state index contributed by atoms with van der Waals surface area (Å²) in [5.74, 6) is 2.80. The zero-order valence-electron chi connectivity index (χ0n) is 9.92. The number of rotatable bonds is 3. The van der Waals surface area contributed by atoms with Crippen molar-refractivity contribution in [2.24, 2.45) is 0 Å². The van der Waals surface area contributed by atoms with Gasteiger partial charge >= 0.3 is 0 Å². The molecular formula is C12H14N4O. The van der Waals surface area contributed by atoms with Gasteiger partial charge in [0, 0.05) is 31.8 Å². The first-order valence-corrected chi connectivity index (χ1v) is 5.71. The van der Waals surface area contributed by atoms with E-state index in [1.807, 2.05) is 31.1 Å². The molecule has 17 heavy (non-hydrogen) atoms. The highest BCUT2D eigenvalue weighted by atomic mass is 16.5. The van der Waals surface area contributed by atoms with E-state index in [9.17, 15) is 0 Å². The molecule has 2 aromatic rings. The van der Waals surface area contributed by atoms with Gasteiger partial charge < -0.3 is 9.42 Å². The Morgan fingerprint density at radius 3 is 2.71 bits per heavy atom. The van der Waals surface area contributed by atoms with Gasteiger partial charge in [-0.3, -0.25) is 0 Å². The lowest BCUT2D eigenvalue weighted by Gasteiger charge is -2.10. The molecule has 1 aliphatic rings. The second kappa shape index (κ2) is 3.84. The molecular weight excluding hydrogens is 216 g/mol. The third kappa shape index (κ3) is 2.00. The van der Waals surface area contributed by atoms with E-state index in [4.69, 9.17) is 4.52 Å². The lowest BCUT2D eigenvalue weighted by atomic mass is 10.2. The van der Waals surface area contributed by atoms with Crippen molar-refractivity contribution in [3.8, 4) is 11.4 Å². The smallest absolute Gasteiger partial charge is 0.230 e. The van der Waals surface area contributed by atoms with Crippen LogP contribution in [0.1, 0.15) is 24.7 Å². The Morgan fingerprint density at radius 1 is 1.29 bits per heavy atom. The minimum absolute atomic E-state index is 0.491. The van der Waals surface area contributed by atoms with Gasteiger partial charge in [-0.25, -0.2) is 4.98 Å². The van der Waals surface area contributed by atoms with Crippen LogP contribution in [-0.2, 0) is 0 Å². The van der Waals surface area contributed by atoms with Gasteiger partial charge in [-0.2, -0.15) is 4.98 Å². The fourth-order valence-electron chi connectivity index (χ4n) is 1.63. The van der Waals surface area contributed by atoms with E-state index in [1.165, 1.54) is 12.8 Å². The molecule has 0 aromatic carbocycles. The van der Waals surface area contributed by atoms with E-state index in [2.05, 4.69) is 15.1 Å². The molecule has 5 heteroatoms. The molecule has 1 saturated carbocycles. The van der Waals surface area contributed by atoms with Crippen LogP contribution in [0.3, 0.4) is 0 Å². The highest BCUT2D eigenvalue weighted by molar-refractivity contribution is 5.55. The average Bonchev–Trinajstić information content (AvgIpc) is 3.07. The molecule has 0 aliphatic heterocycles. The van der Waals surface area contributed by atoms with Crippen LogP contribution < -0.4 is 4.90 Å². The van der Waals surface area contributed by atoms with Crippen molar-refractivity contribution < 1.29 is 4.52 Å². The zero-order valence-corrected chi connectivity index (χ0v) is 9.92. The fourth-order valence-corrected chi connectivity index (χ4v) is 1.63. The van der Waals surface area contributed by atoms with E-state index in [0.717, 1.165) is 17.3 Å². The molecule has 1 fully saturated rings. The van der Waals surface area contributed by atoms with Crippen LogP contribution in [0.5, 0.6) is 0 Å². The summed E-state index contributed by atoms with van der Waals surface area (Å²) in [6.45, 7) is 0. The molecule has 0 atom stereocenters. The first-order chi connectivity index (χ1) is 8.24. The van der Waals surface area contributed by atoms with E-state index < -0.39 is 0 Å². The third-order valence-corrected chi connectivity index (χ3v) is 2.83. The molecule has 0 N–H and O–H groups in total. The highest BCUT2D eigenvalue weighted by Gasteiger charge is 2.29. The van der Waals surface area contributed by atoms with Crippen LogP contribution in [0, 0.1) is 0 Å². The van der Waals surface area contributed by atoms with Crippen LogP contribution in [0.4, 0.5) is 5.82 Å². The summed E-state index contributed by atoms with van der Waals surface area (Å²) in [4.78, 5) is 10.7. The normalized spacial score (nSPS) is 14.9. The molecule has 0 amide bonds. The summed E-state index contributed by atoms with van der Waals surface area (Å²) < 4.78 is 5.22. The molecule has 0 spiro atoms. The Morgan fingerprint density at radius 2 is 2.12 bits per heavy atom. The lowest BCUT2D eigenvalue weighted by molar-refractivity contribution is 0.380. The molecule has 2 heterocycles. The van der Waals surface area contributed by atoms with Gasteiger partial charge in [0.05, 0.1) is 0 Å². The van der Waals surface area contributed by atoms with Crippen LogP contribution in [0.25, 0.3) is 11.4 Å². The predicted molar refractivity (Wildman–Crippen MR) is 63.8 cm³/mol. The standard InChI is InChI=1S/C12H14N4O/c1-16(2)10-6-5-9(7-13-10)11-14-12(17-15-11)8-3-4-8/h5-8H,3-4H2,1-2H3. The second-order valence-corrected chi connectivity index (χ2v) is 4.53. The summed E-state index contributed by atoms with van der Waals surface area (Å²) in [5, 5.41) is 3.98. The van der Waals surface area contributed by atoms with Gasteiger partial charge in [-0.05, 0) is 25.0 Å². The number of nitrogens with zero attached hydrogens (tertiary/aromatic N) is 4. The number of hydrogen-bond acceptors (Lipinski definition) is 5. The van der Waals surface area contributed by atoms with Crippen molar-refractivity contribution in [3.63, 3.8) is 0 Å². The van der Waals surface area contributed by atoms with Crippen molar-refractivity contribution >= 4 is 5.82 Å². The van der Waals surface area contributed by atoms with Gasteiger partial charge in [-0.15, -0.1) is 0 Å². The molecule has 2 aromatic heterocycles.